The van der Waals surface area contributed by atoms with E-state index in [0.717, 1.165) is 18.2 Å². The van der Waals surface area contributed by atoms with Crippen LogP contribution in [0.1, 0.15) is 40.0 Å². The van der Waals surface area contributed by atoms with Crippen LogP contribution in [0.5, 0.6) is 0 Å². The first-order valence-corrected chi connectivity index (χ1v) is 15.8. The summed E-state index contributed by atoms with van der Waals surface area (Å²) in [6.45, 7) is 0.124. The van der Waals surface area contributed by atoms with E-state index in [0.29, 0.717) is 12.8 Å². The number of nitrogens with two attached hydrogens (primary N) is 2. The summed E-state index contributed by atoms with van der Waals surface area (Å²) in [6, 6.07) is 6.95. The normalized spacial score (nSPS) is 12.7. The Morgan fingerprint density at radius 3 is 2.16 bits per heavy atom. The smallest absolute Gasteiger partial charge is 0.336 e. The molecule has 16 nitrogen and oxygen atoms in total. The maximum absolute atomic E-state index is 12.8. The molecule has 0 radical (unpaired) electrons. The SMILES string of the molecule is N=c1ccc2c(-c3ccc(C(=O)NCCCC[C@@H](N)C(=O)O)cc3C(=O)O)c3ccc(N)c(S(=O)(=O)O)c3oc-2c1S(=O)(=O)O. The number of carboxylic acids is 2. The number of unbranched alkanes of at least 4 members (excludes halogenated alkanes) is 1. The van der Waals surface area contributed by atoms with Crippen LogP contribution in [-0.4, -0.2) is 66.6 Å². The molecular weight excluding hydrogens is 636 g/mol. The van der Waals surface area contributed by atoms with Gasteiger partial charge in [0.1, 0.15) is 6.04 Å². The van der Waals surface area contributed by atoms with Gasteiger partial charge >= 0.3 is 11.9 Å². The zero-order valence-corrected chi connectivity index (χ0v) is 24.6. The number of nitrogen functional groups attached to an aromatic ring is 1. The van der Waals surface area contributed by atoms with E-state index < -0.39 is 81.9 Å². The predicted octanol–water partition coefficient (Wildman–Crippen LogP) is 1.77. The lowest BCUT2D eigenvalue weighted by molar-refractivity contribution is -0.138. The molecule has 0 spiro atoms. The number of nitrogens with one attached hydrogen (secondary N) is 2. The number of rotatable bonds is 11. The summed E-state index contributed by atoms with van der Waals surface area (Å²) in [5, 5.41) is 28.7. The van der Waals surface area contributed by atoms with Gasteiger partial charge in [0.2, 0.25) is 0 Å². The molecule has 18 heteroatoms. The van der Waals surface area contributed by atoms with Gasteiger partial charge in [0.15, 0.2) is 21.1 Å². The van der Waals surface area contributed by atoms with Gasteiger partial charge in [-0.1, -0.05) is 6.07 Å². The number of amides is 1. The standard InChI is InChI=1S/C27H26N4O12S2/c28-17-8-6-14-20(15-7-9-18(29)24(45(40,41)42)22(15)43-21(14)23(17)44(37,38)39)13-5-4-12(11-16(13)26(33)34)25(32)31-10-2-1-3-19(30)27(35)36/h4-9,11,19,28H,1-3,10,29-30H2,(H,31,32)(H,33,34)(H,35,36)(H,37,38,39)(H,40,41,42)/t19-/m1/s1. The van der Waals surface area contributed by atoms with Gasteiger partial charge in [-0.25, -0.2) is 4.79 Å². The van der Waals surface area contributed by atoms with Crippen LogP contribution in [-0.2, 0) is 25.0 Å². The highest BCUT2D eigenvalue weighted by Gasteiger charge is 2.32. The summed E-state index contributed by atoms with van der Waals surface area (Å²) in [5.74, 6) is -4.09. The Labute approximate surface area is 254 Å². The van der Waals surface area contributed by atoms with E-state index in [9.17, 15) is 45.4 Å². The second-order valence-electron chi connectivity index (χ2n) is 9.87. The zero-order valence-electron chi connectivity index (χ0n) is 23.0. The first-order valence-electron chi connectivity index (χ1n) is 12.9. The van der Waals surface area contributed by atoms with Crippen molar-refractivity contribution in [3.8, 4) is 22.5 Å². The maximum atomic E-state index is 12.8. The number of benzene rings is 3. The molecule has 0 saturated carbocycles. The summed E-state index contributed by atoms with van der Waals surface area (Å²) in [6.07, 6.45) is 0.962. The minimum absolute atomic E-state index is 0.0949. The minimum atomic E-state index is -5.18. The summed E-state index contributed by atoms with van der Waals surface area (Å²) in [4.78, 5) is 34.1. The lowest BCUT2D eigenvalue weighted by Gasteiger charge is -2.20. The topological polar surface area (TPSA) is 301 Å². The second kappa shape index (κ2) is 12.3. The average Bonchev–Trinajstić information content (AvgIpc) is 2.93. The molecule has 0 unspecified atom stereocenters. The molecule has 2 aromatic rings. The van der Waals surface area contributed by atoms with Crippen molar-refractivity contribution < 1.29 is 55.0 Å². The number of carbonyl (C=O) groups excluding carboxylic acids is 1. The van der Waals surface area contributed by atoms with E-state index in [2.05, 4.69) is 5.32 Å². The summed E-state index contributed by atoms with van der Waals surface area (Å²) in [7, 11) is -10.3. The molecule has 1 aliphatic heterocycles. The fraction of sp³-hybridized carbons (Fsp3) is 0.185. The van der Waals surface area contributed by atoms with Crippen LogP contribution in [0.15, 0.2) is 56.7 Å². The third-order valence-electron chi connectivity index (χ3n) is 6.84. The molecule has 0 fully saturated rings. The highest BCUT2D eigenvalue weighted by Crippen LogP contribution is 2.45. The first kappa shape index (κ1) is 33.0. The number of aliphatic carboxylic acids is 1. The van der Waals surface area contributed by atoms with E-state index in [4.69, 9.17) is 26.4 Å². The number of carbonyl (C=O) groups is 3. The molecule has 2 aliphatic rings. The number of hydrogen-bond donors (Lipinski definition) is 8. The third kappa shape index (κ3) is 6.64. The first-order chi connectivity index (χ1) is 20.9. The number of anilines is 1. The van der Waals surface area contributed by atoms with Crippen LogP contribution >= 0.6 is 0 Å². The largest absolute Gasteiger partial charge is 0.480 e. The maximum Gasteiger partial charge on any atom is 0.336 e. The summed E-state index contributed by atoms with van der Waals surface area (Å²) >= 11 is 0. The Hall–Kier alpha value is -4.88. The average molecular weight is 663 g/mol. The van der Waals surface area contributed by atoms with Gasteiger partial charge in [0.25, 0.3) is 26.1 Å². The van der Waals surface area contributed by atoms with Gasteiger partial charge in [-0.05, 0) is 61.2 Å². The molecule has 0 bridgehead atoms. The van der Waals surface area contributed by atoms with Crippen LogP contribution in [0.2, 0.25) is 0 Å². The Bertz CT molecular complexity index is 2130. The van der Waals surface area contributed by atoms with E-state index in [1.807, 2.05) is 0 Å². The number of hydrogen-bond acceptors (Lipinski definition) is 11. The minimum Gasteiger partial charge on any atom is -0.480 e. The molecule has 1 aliphatic carbocycles. The molecule has 1 heterocycles. The van der Waals surface area contributed by atoms with Gasteiger partial charge in [0, 0.05) is 28.6 Å². The Balaban J connectivity index is 1.92. The van der Waals surface area contributed by atoms with Crippen molar-refractivity contribution in [2.45, 2.75) is 35.1 Å². The fourth-order valence-corrected chi connectivity index (χ4v) is 6.28. The predicted molar refractivity (Wildman–Crippen MR) is 157 cm³/mol. The molecule has 1 amide bonds. The summed E-state index contributed by atoms with van der Waals surface area (Å²) in [5.41, 5.74) is 9.00. The van der Waals surface area contributed by atoms with Crippen molar-refractivity contribution in [1.29, 1.82) is 5.41 Å². The second-order valence-corrected chi connectivity index (χ2v) is 12.6. The van der Waals surface area contributed by atoms with Crippen LogP contribution in [0.3, 0.4) is 0 Å². The molecule has 10 N–H and O–H groups in total. The molecule has 0 saturated heterocycles. The van der Waals surface area contributed by atoms with E-state index in [-0.39, 0.29) is 40.6 Å². The summed E-state index contributed by atoms with van der Waals surface area (Å²) < 4.78 is 74.7. The Morgan fingerprint density at radius 2 is 1.56 bits per heavy atom. The van der Waals surface area contributed by atoms with Crippen molar-refractivity contribution >= 4 is 54.7 Å². The van der Waals surface area contributed by atoms with Crippen molar-refractivity contribution in [2.75, 3.05) is 12.3 Å². The van der Waals surface area contributed by atoms with Gasteiger partial charge in [0.05, 0.1) is 16.6 Å². The van der Waals surface area contributed by atoms with Crippen LogP contribution in [0.25, 0.3) is 33.4 Å². The van der Waals surface area contributed by atoms with Gasteiger partial charge < -0.3 is 31.4 Å². The van der Waals surface area contributed by atoms with Gasteiger partial charge in [-0.3, -0.25) is 24.1 Å². The van der Waals surface area contributed by atoms with E-state index in [1.165, 1.54) is 24.3 Å². The van der Waals surface area contributed by atoms with E-state index in [1.54, 1.807) is 0 Å². The fourth-order valence-electron chi connectivity index (χ4n) is 4.79. The van der Waals surface area contributed by atoms with E-state index >= 15 is 0 Å². The van der Waals surface area contributed by atoms with Crippen molar-refractivity contribution in [3.05, 3.63) is 58.9 Å². The highest BCUT2D eigenvalue weighted by atomic mass is 32.2. The molecule has 1 atom stereocenters. The highest BCUT2D eigenvalue weighted by molar-refractivity contribution is 7.86. The lowest BCUT2D eigenvalue weighted by Crippen LogP contribution is -2.30. The van der Waals surface area contributed by atoms with Crippen LogP contribution in [0, 0.1) is 5.41 Å². The molecular formula is C27H26N4O12S2. The van der Waals surface area contributed by atoms with Crippen LogP contribution in [0.4, 0.5) is 5.69 Å². The quantitative estimate of drug-likeness (QED) is 0.0491. The van der Waals surface area contributed by atoms with Crippen molar-refractivity contribution in [3.63, 3.8) is 0 Å². The van der Waals surface area contributed by atoms with Gasteiger partial charge in [-0.15, -0.1) is 0 Å². The lowest BCUT2D eigenvalue weighted by atomic mass is 9.89. The zero-order chi connectivity index (χ0) is 33.4. The number of aromatic carboxylic acids is 1. The third-order valence-corrected chi connectivity index (χ3v) is 8.70. The number of carboxylic acid groups (broad SMARTS) is 2. The Morgan fingerprint density at radius 1 is 0.911 bits per heavy atom. The van der Waals surface area contributed by atoms with Crippen LogP contribution < -0.4 is 22.1 Å². The van der Waals surface area contributed by atoms with Crippen molar-refractivity contribution in [2.24, 2.45) is 5.73 Å². The molecule has 238 valence electrons. The number of fused-ring (bicyclic) bond motifs is 2. The molecule has 4 rings (SSSR count). The molecule has 45 heavy (non-hydrogen) atoms. The molecule has 2 aromatic carbocycles. The monoisotopic (exact) mass is 662 g/mol. The molecule has 0 aromatic heterocycles. The van der Waals surface area contributed by atoms with Crippen molar-refractivity contribution in [1.82, 2.24) is 5.32 Å². The van der Waals surface area contributed by atoms with Gasteiger partial charge in [-0.2, -0.15) is 16.8 Å². The Kier molecular flexibility index (Phi) is 8.99.